The van der Waals surface area contributed by atoms with Crippen molar-refractivity contribution in [1.82, 2.24) is 0 Å². The summed E-state index contributed by atoms with van der Waals surface area (Å²) in [6.07, 6.45) is 7.94. The van der Waals surface area contributed by atoms with E-state index in [1.165, 1.54) is 17.4 Å². The van der Waals surface area contributed by atoms with Gasteiger partial charge in [0.05, 0.1) is 7.11 Å². The number of rotatable bonds is 3. The molecule has 0 unspecified atom stereocenters. The number of fused-ring (bicyclic) bond motifs is 3. The summed E-state index contributed by atoms with van der Waals surface area (Å²) in [5.74, 6) is 0.967. The van der Waals surface area contributed by atoms with E-state index in [2.05, 4.69) is 25.1 Å². The van der Waals surface area contributed by atoms with Gasteiger partial charge in [-0.2, -0.15) is 0 Å². The van der Waals surface area contributed by atoms with E-state index in [0.717, 1.165) is 44.3 Å². The molecule has 2 bridgehead atoms. The number of methoxy groups -OCH3 is 1. The fourth-order valence-electron chi connectivity index (χ4n) is 4.03. The van der Waals surface area contributed by atoms with Crippen molar-refractivity contribution in [2.75, 3.05) is 7.11 Å². The summed E-state index contributed by atoms with van der Waals surface area (Å²) in [5.41, 5.74) is 3.00. The Morgan fingerprint density at radius 2 is 1.74 bits per heavy atom. The van der Waals surface area contributed by atoms with E-state index in [9.17, 15) is 4.79 Å². The first-order valence-electron chi connectivity index (χ1n) is 7.25. The fourth-order valence-corrected chi connectivity index (χ4v) is 4.03. The Labute approximate surface area is 115 Å². The minimum Gasteiger partial charge on any atom is -0.496 e. The lowest BCUT2D eigenvalue weighted by molar-refractivity contribution is -0.122. The van der Waals surface area contributed by atoms with Gasteiger partial charge in [-0.05, 0) is 68.1 Å². The highest BCUT2D eigenvalue weighted by Crippen LogP contribution is 2.57. The van der Waals surface area contributed by atoms with Gasteiger partial charge in [-0.3, -0.25) is 0 Å². The van der Waals surface area contributed by atoms with Crippen LogP contribution in [0, 0.1) is 12.3 Å². The molecule has 2 nitrogen and oxygen atoms in total. The maximum Gasteiger partial charge on any atom is 0.126 e. The van der Waals surface area contributed by atoms with Crippen LogP contribution in [0.3, 0.4) is 0 Å². The van der Waals surface area contributed by atoms with E-state index in [4.69, 9.17) is 4.74 Å². The molecule has 102 valence electrons. The number of aldehydes is 1. The molecule has 0 spiro atoms. The van der Waals surface area contributed by atoms with Gasteiger partial charge >= 0.3 is 0 Å². The van der Waals surface area contributed by atoms with Crippen LogP contribution in [0.15, 0.2) is 18.2 Å². The summed E-state index contributed by atoms with van der Waals surface area (Å²) in [7, 11) is 1.72. The van der Waals surface area contributed by atoms with Gasteiger partial charge in [0.25, 0.3) is 0 Å². The summed E-state index contributed by atoms with van der Waals surface area (Å²) in [4.78, 5) is 11.3. The predicted octanol–water partition coefficient (Wildman–Crippen LogP) is 3.79. The predicted molar refractivity (Wildman–Crippen MR) is 75.6 cm³/mol. The second-order valence-corrected chi connectivity index (χ2v) is 6.44. The number of hydrogen-bond acceptors (Lipinski definition) is 2. The third kappa shape index (κ3) is 1.89. The van der Waals surface area contributed by atoms with E-state index < -0.39 is 0 Å². The SMILES string of the molecule is COc1ccc(C23CCC(C=O)(CC2)CC3)cc1C. The molecule has 3 fully saturated rings. The van der Waals surface area contributed by atoms with Crippen LogP contribution in [0.1, 0.15) is 49.7 Å². The van der Waals surface area contributed by atoms with Crippen LogP contribution in [0.5, 0.6) is 5.75 Å². The molecule has 3 aliphatic rings. The maximum atomic E-state index is 11.3. The standard InChI is InChI=1S/C17H22O2/c1-13-11-14(3-4-15(13)19-2)17-8-5-16(12-18,6-9-17)7-10-17/h3-4,11-12H,5-10H2,1-2H3. The molecule has 0 N–H and O–H groups in total. The quantitative estimate of drug-likeness (QED) is 0.771. The van der Waals surface area contributed by atoms with Crippen molar-refractivity contribution < 1.29 is 9.53 Å². The minimum absolute atomic E-state index is 0.0171. The molecule has 19 heavy (non-hydrogen) atoms. The summed E-state index contributed by atoms with van der Waals surface area (Å²) in [6, 6.07) is 6.61. The molecule has 0 aliphatic heterocycles. The van der Waals surface area contributed by atoms with E-state index >= 15 is 0 Å². The highest BCUT2D eigenvalue weighted by atomic mass is 16.5. The largest absolute Gasteiger partial charge is 0.496 e. The average Bonchev–Trinajstić information content (AvgIpc) is 2.49. The van der Waals surface area contributed by atoms with Crippen LogP contribution in [0.25, 0.3) is 0 Å². The number of hydrogen-bond donors (Lipinski definition) is 0. The van der Waals surface area contributed by atoms with Crippen molar-refractivity contribution in [2.24, 2.45) is 5.41 Å². The van der Waals surface area contributed by atoms with Gasteiger partial charge in [0, 0.05) is 5.41 Å². The van der Waals surface area contributed by atoms with Crippen molar-refractivity contribution >= 4 is 6.29 Å². The molecule has 3 saturated carbocycles. The molecule has 0 atom stereocenters. The van der Waals surface area contributed by atoms with Gasteiger partial charge in [0.1, 0.15) is 12.0 Å². The molecule has 0 amide bonds. The number of carbonyl (C=O) groups is 1. The first-order valence-corrected chi connectivity index (χ1v) is 7.25. The lowest BCUT2D eigenvalue weighted by Crippen LogP contribution is -2.44. The van der Waals surface area contributed by atoms with Gasteiger partial charge < -0.3 is 9.53 Å². The maximum absolute atomic E-state index is 11.3. The number of ether oxygens (including phenoxy) is 1. The Bertz CT molecular complexity index is 479. The van der Waals surface area contributed by atoms with Gasteiger partial charge in [-0.15, -0.1) is 0 Å². The number of benzene rings is 1. The Morgan fingerprint density at radius 3 is 2.21 bits per heavy atom. The Balaban J connectivity index is 1.91. The summed E-state index contributed by atoms with van der Waals surface area (Å²) in [5, 5.41) is 0. The zero-order valence-corrected chi connectivity index (χ0v) is 11.9. The lowest BCUT2D eigenvalue weighted by Gasteiger charge is -2.51. The van der Waals surface area contributed by atoms with E-state index in [1.807, 2.05) is 0 Å². The monoisotopic (exact) mass is 258 g/mol. The molecule has 2 heteroatoms. The smallest absolute Gasteiger partial charge is 0.126 e. The normalized spacial score (nSPS) is 33.2. The molecule has 3 aliphatic carbocycles. The number of aryl methyl sites for hydroxylation is 1. The molecule has 1 aromatic rings. The molecule has 4 rings (SSSR count). The molecule has 0 aromatic heterocycles. The summed E-state index contributed by atoms with van der Waals surface area (Å²) < 4.78 is 5.35. The Kier molecular flexibility index (Phi) is 2.92. The molecular weight excluding hydrogens is 236 g/mol. The van der Waals surface area contributed by atoms with Gasteiger partial charge in [0.2, 0.25) is 0 Å². The van der Waals surface area contributed by atoms with Crippen LogP contribution in [-0.2, 0) is 10.2 Å². The third-order valence-electron chi connectivity index (χ3n) is 5.56. The molecular formula is C17H22O2. The summed E-state index contributed by atoms with van der Waals surface area (Å²) >= 11 is 0. The first kappa shape index (κ1) is 12.7. The molecule has 0 radical (unpaired) electrons. The third-order valence-corrected chi connectivity index (χ3v) is 5.56. The van der Waals surface area contributed by atoms with E-state index in [1.54, 1.807) is 7.11 Å². The second-order valence-electron chi connectivity index (χ2n) is 6.44. The molecule has 0 heterocycles. The Hall–Kier alpha value is -1.31. The van der Waals surface area contributed by atoms with Crippen molar-refractivity contribution in [3.8, 4) is 5.75 Å². The van der Waals surface area contributed by atoms with Crippen LogP contribution >= 0.6 is 0 Å². The minimum atomic E-state index is 0.0171. The second kappa shape index (κ2) is 4.36. The lowest BCUT2D eigenvalue weighted by atomic mass is 9.52. The average molecular weight is 258 g/mol. The van der Waals surface area contributed by atoms with E-state index in [-0.39, 0.29) is 5.41 Å². The van der Waals surface area contributed by atoms with Gasteiger partial charge in [-0.25, -0.2) is 0 Å². The number of carbonyl (C=O) groups excluding carboxylic acids is 1. The van der Waals surface area contributed by atoms with Gasteiger partial charge in [-0.1, -0.05) is 12.1 Å². The topological polar surface area (TPSA) is 26.3 Å². The summed E-state index contributed by atoms with van der Waals surface area (Å²) in [6.45, 7) is 2.11. The van der Waals surface area contributed by atoms with Crippen LogP contribution < -0.4 is 4.74 Å². The van der Waals surface area contributed by atoms with Crippen molar-refractivity contribution in [2.45, 2.75) is 50.9 Å². The van der Waals surface area contributed by atoms with Crippen LogP contribution in [0.2, 0.25) is 0 Å². The molecule has 0 saturated heterocycles. The van der Waals surface area contributed by atoms with Crippen molar-refractivity contribution in [1.29, 1.82) is 0 Å². The Morgan fingerprint density at radius 1 is 1.11 bits per heavy atom. The van der Waals surface area contributed by atoms with E-state index in [0.29, 0.717) is 5.41 Å². The zero-order chi connectivity index (χ0) is 13.5. The van der Waals surface area contributed by atoms with Crippen LogP contribution in [0.4, 0.5) is 0 Å². The van der Waals surface area contributed by atoms with Crippen LogP contribution in [-0.4, -0.2) is 13.4 Å². The highest BCUT2D eigenvalue weighted by molar-refractivity contribution is 5.61. The fraction of sp³-hybridized carbons (Fsp3) is 0.588. The van der Waals surface area contributed by atoms with Gasteiger partial charge in [0.15, 0.2) is 0 Å². The zero-order valence-electron chi connectivity index (χ0n) is 11.9. The first-order chi connectivity index (χ1) is 9.13. The van der Waals surface area contributed by atoms with Crippen molar-refractivity contribution in [3.63, 3.8) is 0 Å². The molecule has 1 aromatic carbocycles. The highest BCUT2D eigenvalue weighted by Gasteiger charge is 2.49. The van der Waals surface area contributed by atoms with Crippen molar-refractivity contribution in [3.05, 3.63) is 29.3 Å².